The number of furan rings is 1. The number of rotatable bonds is 6. The normalized spacial score (nSPS) is 11.0. The summed E-state index contributed by atoms with van der Waals surface area (Å²) in [6.07, 6.45) is 5.55. The molecule has 1 N–H and O–H groups in total. The maximum absolute atomic E-state index is 12.4. The van der Waals surface area contributed by atoms with E-state index < -0.39 is 0 Å². The van der Waals surface area contributed by atoms with E-state index in [4.69, 9.17) is 4.42 Å². The van der Waals surface area contributed by atoms with Gasteiger partial charge in [-0.1, -0.05) is 49.4 Å². The first kappa shape index (κ1) is 17.5. The highest BCUT2D eigenvalue weighted by molar-refractivity contribution is 7.15. The number of nitrogens with one attached hydrogen (secondary N) is 1. The molecule has 0 aliphatic heterocycles. The van der Waals surface area contributed by atoms with E-state index in [0.717, 1.165) is 34.3 Å². The molecule has 136 valence electrons. The maximum Gasteiger partial charge on any atom is 0.230 e. The average molecular weight is 376 g/mol. The lowest BCUT2D eigenvalue weighted by molar-refractivity contribution is -0.115. The first-order valence-electron chi connectivity index (χ1n) is 8.98. The van der Waals surface area contributed by atoms with Crippen LogP contribution >= 0.6 is 11.3 Å². The zero-order chi connectivity index (χ0) is 18.6. The summed E-state index contributed by atoms with van der Waals surface area (Å²) in [6.45, 7) is 2.11. The van der Waals surface area contributed by atoms with Gasteiger partial charge in [0.25, 0.3) is 0 Å². The molecule has 4 rings (SSSR count). The fourth-order valence-corrected chi connectivity index (χ4v) is 3.93. The minimum Gasteiger partial charge on any atom is -0.464 e. The molecule has 0 bridgehead atoms. The smallest absolute Gasteiger partial charge is 0.230 e. The summed E-state index contributed by atoms with van der Waals surface area (Å²) in [5.41, 5.74) is 4.18. The minimum atomic E-state index is -0.0853. The predicted molar refractivity (Wildman–Crippen MR) is 109 cm³/mol. The number of hydrogen-bond acceptors (Lipinski definition) is 4. The number of aromatic nitrogens is 1. The molecule has 0 fully saturated rings. The lowest BCUT2D eigenvalue weighted by Crippen LogP contribution is -2.13. The van der Waals surface area contributed by atoms with Gasteiger partial charge >= 0.3 is 0 Å². The molecule has 1 amide bonds. The van der Waals surface area contributed by atoms with Gasteiger partial charge in [-0.3, -0.25) is 4.79 Å². The summed E-state index contributed by atoms with van der Waals surface area (Å²) in [6, 6.07) is 16.4. The van der Waals surface area contributed by atoms with Gasteiger partial charge in [0.2, 0.25) is 5.91 Å². The van der Waals surface area contributed by atoms with Gasteiger partial charge in [0, 0.05) is 28.4 Å². The fourth-order valence-electron chi connectivity index (χ4n) is 3.06. The van der Waals surface area contributed by atoms with Crippen LogP contribution < -0.4 is 5.32 Å². The molecule has 4 aromatic rings. The molecule has 0 aliphatic carbocycles. The predicted octanol–water partition coefficient (Wildman–Crippen LogP) is 5.22. The second-order valence-corrected chi connectivity index (χ2v) is 7.58. The number of fused-ring (bicyclic) bond motifs is 1. The number of aryl methyl sites for hydroxylation is 1. The van der Waals surface area contributed by atoms with E-state index in [1.165, 1.54) is 22.5 Å². The number of benzene rings is 2. The lowest BCUT2D eigenvalue weighted by Gasteiger charge is -2.01. The Hall–Kier alpha value is -2.92. The summed E-state index contributed by atoms with van der Waals surface area (Å²) in [7, 11) is 0. The van der Waals surface area contributed by atoms with E-state index in [9.17, 15) is 4.79 Å². The van der Waals surface area contributed by atoms with Crippen molar-refractivity contribution >= 4 is 33.3 Å². The number of nitrogens with zero attached hydrogens (tertiary/aromatic N) is 1. The van der Waals surface area contributed by atoms with Crippen molar-refractivity contribution in [3.05, 3.63) is 82.6 Å². The molecule has 2 aromatic carbocycles. The Bertz CT molecular complexity index is 1070. The highest BCUT2D eigenvalue weighted by atomic mass is 32.1. The summed E-state index contributed by atoms with van der Waals surface area (Å²) < 4.78 is 5.62. The van der Waals surface area contributed by atoms with Crippen LogP contribution in [0.2, 0.25) is 0 Å². The molecular formula is C22H20N2O2S. The second-order valence-electron chi connectivity index (χ2n) is 6.46. The van der Waals surface area contributed by atoms with Crippen molar-refractivity contribution in [1.82, 2.24) is 4.98 Å². The van der Waals surface area contributed by atoms with Crippen LogP contribution in [0.15, 0.2) is 65.4 Å². The van der Waals surface area contributed by atoms with Crippen molar-refractivity contribution in [2.45, 2.75) is 26.2 Å². The number of amides is 1. The molecule has 2 heterocycles. The standard InChI is InChI=1S/C22H20N2O2S/c1-2-15-8-9-19-17(14-26-20(19)11-15)12-21(25)24-22-23-13-18(27-22)10-16-6-4-3-5-7-16/h3-9,11,13-14H,2,10,12H2,1H3,(H,23,24,25). The number of thiazole rings is 1. The van der Waals surface area contributed by atoms with Crippen molar-refractivity contribution in [2.24, 2.45) is 0 Å². The maximum atomic E-state index is 12.4. The largest absolute Gasteiger partial charge is 0.464 e. The summed E-state index contributed by atoms with van der Waals surface area (Å²) >= 11 is 1.51. The second kappa shape index (κ2) is 7.76. The summed E-state index contributed by atoms with van der Waals surface area (Å²) in [5, 5.41) is 4.52. The molecule has 0 unspecified atom stereocenters. The van der Waals surface area contributed by atoms with Gasteiger partial charge in [-0.25, -0.2) is 4.98 Å². The Morgan fingerprint density at radius 3 is 2.81 bits per heavy atom. The van der Waals surface area contributed by atoms with Gasteiger partial charge in [-0.05, 0) is 23.6 Å². The topological polar surface area (TPSA) is 55.1 Å². The number of hydrogen-bond donors (Lipinski definition) is 1. The summed E-state index contributed by atoms with van der Waals surface area (Å²) in [5.74, 6) is -0.0853. The number of anilines is 1. The van der Waals surface area contributed by atoms with Crippen LogP contribution in [0.3, 0.4) is 0 Å². The third-order valence-electron chi connectivity index (χ3n) is 4.50. The Balaban J connectivity index is 1.41. The van der Waals surface area contributed by atoms with Gasteiger partial charge in [-0.2, -0.15) is 0 Å². The van der Waals surface area contributed by atoms with Gasteiger partial charge in [0.05, 0.1) is 12.7 Å². The molecule has 4 nitrogen and oxygen atoms in total. The molecule has 0 aliphatic rings. The molecule has 2 aromatic heterocycles. The zero-order valence-electron chi connectivity index (χ0n) is 15.1. The Morgan fingerprint density at radius 1 is 1.15 bits per heavy atom. The molecule has 0 saturated heterocycles. The molecule has 27 heavy (non-hydrogen) atoms. The van der Waals surface area contributed by atoms with Crippen LogP contribution in [0, 0.1) is 0 Å². The Kier molecular flexibility index (Phi) is 5.03. The van der Waals surface area contributed by atoms with E-state index in [1.807, 2.05) is 36.5 Å². The third-order valence-corrected chi connectivity index (χ3v) is 5.41. The van der Waals surface area contributed by atoms with E-state index >= 15 is 0 Å². The average Bonchev–Trinajstić information content (AvgIpc) is 3.29. The van der Waals surface area contributed by atoms with E-state index in [2.05, 4.69) is 35.4 Å². The first-order valence-corrected chi connectivity index (χ1v) is 9.80. The Morgan fingerprint density at radius 2 is 2.00 bits per heavy atom. The van der Waals surface area contributed by atoms with E-state index in [1.54, 1.807) is 6.26 Å². The molecule has 0 spiro atoms. The van der Waals surface area contributed by atoms with Crippen LogP contribution in [0.5, 0.6) is 0 Å². The molecule has 0 radical (unpaired) electrons. The van der Waals surface area contributed by atoms with Gasteiger partial charge in [0.15, 0.2) is 5.13 Å². The van der Waals surface area contributed by atoms with Crippen molar-refractivity contribution in [3.63, 3.8) is 0 Å². The highest BCUT2D eigenvalue weighted by Gasteiger charge is 2.13. The van der Waals surface area contributed by atoms with E-state index in [-0.39, 0.29) is 12.3 Å². The van der Waals surface area contributed by atoms with E-state index in [0.29, 0.717) is 5.13 Å². The monoisotopic (exact) mass is 376 g/mol. The van der Waals surface area contributed by atoms with Gasteiger partial charge < -0.3 is 9.73 Å². The lowest BCUT2D eigenvalue weighted by atomic mass is 10.1. The van der Waals surface area contributed by atoms with Crippen molar-refractivity contribution in [2.75, 3.05) is 5.32 Å². The highest BCUT2D eigenvalue weighted by Crippen LogP contribution is 2.25. The van der Waals surface area contributed by atoms with Crippen LogP contribution in [0.4, 0.5) is 5.13 Å². The van der Waals surface area contributed by atoms with Gasteiger partial charge in [-0.15, -0.1) is 11.3 Å². The Labute approximate surface area is 161 Å². The molecule has 0 saturated carbocycles. The van der Waals surface area contributed by atoms with Crippen LogP contribution in [-0.2, 0) is 24.1 Å². The van der Waals surface area contributed by atoms with Crippen molar-refractivity contribution < 1.29 is 9.21 Å². The van der Waals surface area contributed by atoms with Crippen molar-refractivity contribution in [1.29, 1.82) is 0 Å². The SMILES string of the molecule is CCc1ccc2c(CC(=O)Nc3ncc(Cc4ccccc4)s3)coc2c1. The zero-order valence-corrected chi connectivity index (χ0v) is 15.9. The number of carbonyl (C=O) groups excluding carboxylic acids is 1. The molecule has 0 atom stereocenters. The molecular weight excluding hydrogens is 356 g/mol. The van der Waals surface area contributed by atoms with Crippen molar-refractivity contribution in [3.8, 4) is 0 Å². The summed E-state index contributed by atoms with van der Waals surface area (Å²) in [4.78, 5) is 17.9. The van der Waals surface area contributed by atoms with Crippen LogP contribution in [-0.4, -0.2) is 10.9 Å². The third kappa shape index (κ3) is 4.09. The first-order chi connectivity index (χ1) is 13.2. The van der Waals surface area contributed by atoms with Gasteiger partial charge in [0.1, 0.15) is 5.58 Å². The molecule has 5 heteroatoms. The number of carbonyl (C=O) groups is 1. The quantitative estimate of drug-likeness (QED) is 0.502. The van der Waals surface area contributed by atoms with Crippen LogP contribution in [0.1, 0.15) is 28.5 Å². The fraction of sp³-hybridized carbons (Fsp3) is 0.182. The minimum absolute atomic E-state index is 0.0853. The van der Waals surface area contributed by atoms with Crippen LogP contribution in [0.25, 0.3) is 11.0 Å².